The Morgan fingerprint density at radius 2 is 1.79 bits per heavy atom. The Morgan fingerprint density at radius 3 is 2.58 bits per heavy atom. The molecule has 0 fully saturated rings. The van der Waals surface area contributed by atoms with Crippen molar-refractivity contribution in [1.82, 2.24) is 0 Å². The summed E-state index contributed by atoms with van der Waals surface area (Å²) >= 11 is 6.52. The number of anilines is 1. The van der Waals surface area contributed by atoms with Crippen LogP contribution in [0, 0.1) is 0 Å². The van der Waals surface area contributed by atoms with Crippen LogP contribution in [0.2, 0.25) is 0 Å². The van der Waals surface area contributed by atoms with Crippen molar-refractivity contribution in [2.24, 2.45) is 0 Å². The topological polar surface area (TPSA) is 21.7 Å². The summed E-state index contributed by atoms with van der Waals surface area (Å²) < 4.78 is 10.7. The minimum Gasteiger partial charge on any atom is -0.454 e. The van der Waals surface area contributed by atoms with Crippen molar-refractivity contribution in [3.8, 4) is 11.5 Å². The van der Waals surface area contributed by atoms with Gasteiger partial charge in [-0.25, -0.2) is 0 Å². The molecule has 2 aromatic rings. The number of hydrogen-bond donors (Lipinski definition) is 0. The van der Waals surface area contributed by atoms with Gasteiger partial charge in [-0.2, -0.15) is 0 Å². The fourth-order valence-electron chi connectivity index (χ4n) is 2.08. The summed E-state index contributed by atoms with van der Waals surface area (Å²) in [6.45, 7) is 0.278. The molecule has 1 heterocycles. The summed E-state index contributed by atoms with van der Waals surface area (Å²) in [5.74, 6) is 1.53. The van der Waals surface area contributed by atoms with Gasteiger partial charge in [-0.15, -0.1) is 0 Å². The van der Waals surface area contributed by atoms with Crippen molar-refractivity contribution in [2.75, 3.05) is 18.7 Å². The Morgan fingerprint density at radius 1 is 1.05 bits per heavy atom. The Bertz CT molecular complexity index is 574. The molecular formula is C15H14ClNO2. The number of hydrogen-bond acceptors (Lipinski definition) is 3. The molecule has 0 aliphatic carbocycles. The van der Waals surface area contributed by atoms with E-state index in [0.717, 1.165) is 22.7 Å². The first-order valence-corrected chi connectivity index (χ1v) is 6.51. The van der Waals surface area contributed by atoms with E-state index in [1.54, 1.807) is 0 Å². The number of alkyl halides is 1. The number of para-hydroxylation sites is 1. The third-order valence-corrected chi connectivity index (χ3v) is 3.72. The Kier molecular flexibility index (Phi) is 3.22. The third kappa shape index (κ3) is 2.34. The highest BCUT2D eigenvalue weighted by Gasteiger charge is 2.19. The van der Waals surface area contributed by atoms with Crippen LogP contribution in [0.15, 0.2) is 48.5 Å². The molecule has 0 N–H and O–H groups in total. The number of rotatable bonds is 3. The van der Waals surface area contributed by atoms with E-state index in [9.17, 15) is 0 Å². The van der Waals surface area contributed by atoms with Crippen LogP contribution < -0.4 is 14.4 Å². The van der Waals surface area contributed by atoms with E-state index in [0.29, 0.717) is 0 Å². The minimum atomic E-state index is -0.253. The number of ether oxygens (including phenoxy) is 2. The van der Waals surface area contributed by atoms with Gasteiger partial charge in [0.05, 0.1) is 0 Å². The van der Waals surface area contributed by atoms with Crippen LogP contribution in [0.4, 0.5) is 5.69 Å². The molecule has 0 saturated carbocycles. The standard InChI is InChI=1S/C15H14ClNO2/c1-17(12-5-3-2-4-6-12)15(16)11-7-8-13-14(9-11)19-10-18-13/h2-9,15H,10H2,1H3. The molecule has 0 bridgehead atoms. The van der Waals surface area contributed by atoms with Crippen molar-refractivity contribution in [3.63, 3.8) is 0 Å². The lowest BCUT2D eigenvalue weighted by Gasteiger charge is -2.25. The molecule has 3 rings (SSSR count). The average molecular weight is 276 g/mol. The minimum absolute atomic E-state index is 0.253. The van der Waals surface area contributed by atoms with E-state index in [1.165, 1.54) is 0 Å². The molecule has 1 aliphatic heterocycles. The quantitative estimate of drug-likeness (QED) is 0.628. The number of halogens is 1. The molecular weight excluding hydrogens is 262 g/mol. The van der Waals surface area contributed by atoms with Gasteiger partial charge in [0.15, 0.2) is 11.5 Å². The van der Waals surface area contributed by atoms with Crippen LogP contribution in [-0.2, 0) is 0 Å². The van der Waals surface area contributed by atoms with Crippen molar-refractivity contribution in [3.05, 3.63) is 54.1 Å². The first-order valence-electron chi connectivity index (χ1n) is 6.07. The maximum atomic E-state index is 6.52. The monoisotopic (exact) mass is 275 g/mol. The van der Waals surface area contributed by atoms with Crippen LogP contribution in [0.1, 0.15) is 11.1 Å². The van der Waals surface area contributed by atoms with Gasteiger partial charge in [-0.3, -0.25) is 0 Å². The van der Waals surface area contributed by atoms with Crippen molar-refractivity contribution < 1.29 is 9.47 Å². The second-order valence-electron chi connectivity index (χ2n) is 4.39. The molecule has 19 heavy (non-hydrogen) atoms. The third-order valence-electron chi connectivity index (χ3n) is 3.18. The highest BCUT2D eigenvalue weighted by molar-refractivity contribution is 6.22. The molecule has 0 amide bonds. The van der Waals surface area contributed by atoms with Crippen LogP contribution in [0.5, 0.6) is 11.5 Å². The maximum absolute atomic E-state index is 6.52. The van der Waals surface area contributed by atoms with Gasteiger partial charge in [-0.1, -0.05) is 35.9 Å². The molecule has 4 heteroatoms. The lowest BCUT2D eigenvalue weighted by Crippen LogP contribution is -2.19. The molecule has 3 nitrogen and oxygen atoms in total. The van der Waals surface area contributed by atoms with Crippen molar-refractivity contribution in [1.29, 1.82) is 0 Å². The smallest absolute Gasteiger partial charge is 0.231 e. The van der Waals surface area contributed by atoms with Gasteiger partial charge in [0.1, 0.15) is 5.50 Å². The van der Waals surface area contributed by atoms with E-state index in [1.807, 2.05) is 60.5 Å². The molecule has 1 unspecified atom stereocenters. The summed E-state index contributed by atoms with van der Waals surface area (Å²) in [4.78, 5) is 2.01. The molecule has 1 aliphatic rings. The molecule has 1 atom stereocenters. The zero-order valence-corrected chi connectivity index (χ0v) is 11.3. The van der Waals surface area contributed by atoms with Crippen LogP contribution in [-0.4, -0.2) is 13.8 Å². The fraction of sp³-hybridized carbons (Fsp3) is 0.200. The summed E-state index contributed by atoms with van der Waals surface area (Å²) in [6, 6.07) is 15.8. The summed E-state index contributed by atoms with van der Waals surface area (Å²) in [7, 11) is 1.97. The lowest BCUT2D eigenvalue weighted by molar-refractivity contribution is 0.174. The highest BCUT2D eigenvalue weighted by atomic mass is 35.5. The predicted octanol–water partition coefficient (Wildman–Crippen LogP) is 3.79. The highest BCUT2D eigenvalue weighted by Crippen LogP contribution is 2.37. The zero-order chi connectivity index (χ0) is 13.2. The van der Waals surface area contributed by atoms with Gasteiger partial charge in [0.25, 0.3) is 0 Å². The second kappa shape index (κ2) is 5.02. The summed E-state index contributed by atoms with van der Waals surface area (Å²) in [5.41, 5.74) is 1.80. The van der Waals surface area contributed by atoms with E-state index in [-0.39, 0.29) is 12.3 Å². The summed E-state index contributed by atoms with van der Waals surface area (Å²) in [5, 5.41) is 0. The van der Waals surface area contributed by atoms with Crippen molar-refractivity contribution >= 4 is 17.3 Å². The fourth-order valence-corrected chi connectivity index (χ4v) is 2.33. The Hall–Kier alpha value is -1.87. The van der Waals surface area contributed by atoms with Gasteiger partial charge >= 0.3 is 0 Å². The zero-order valence-electron chi connectivity index (χ0n) is 10.5. The van der Waals surface area contributed by atoms with E-state index in [2.05, 4.69) is 0 Å². The Balaban J connectivity index is 1.86. The van der Waals surface area contributed by atoms with Gasteiger partial charge < -0.3 is 14.4 Å². The first kappa shape index (κ1) is 12.2. The average Bonchev–Trinajstić information content (AvgIpc) is 2.94. The van der Waals surface area contributed by atoms with Gasteiger partial charge in [0, 0.05) is 12.7 Å². The SMILES string of the molecule is CN(c1ccccc1)C(Cl)c1ccc2c(c1)OCO2. The molecule has 98 valence electrons. The number of fused-ring (bicyclic) bond motifs is 1. The summed E-state index contributed by atoms with van der Waals surface area (Å²) in [6.07, 6.45) is 0. The van der Waals surface area contributed by atoms with Crippen LogP contribution >= 0.6 is 11.6 Å². The number of benzene rings is 2. The van der Waals surface area contributed by atoms with E-state index in [4.69, 9.17) is 21.1 Å². The molecule has 0 radical (unpaired) electrons. The van der Waals surface area contributed by atoms with E-state index >= 15 is 0 Å². The van der Waals surface area contributed by atoms with Crippen LogP contribution in [0.25, 0.3) is 0 Å². The largest absolute Gasteiger partial charge is 0.454 e. The molecule has 2 aromatic carbocycles. The Labute approximate surface area is 117 Å². The van der Waals surface area contributed by atoms with Crippen molar-refractivity contribution in [2.45, 2.75) is 5.50 Å². The molecule has 0 spiro atoms. The second-order valence-corrected chi connectivity index (χ2v) is 4.81. The van der Waals surface area contributed by atoms with E-state index < -0.39 is 0 Å². The first-order chi connectivity index (χ1) is 9.25. The lowest BCUT2D eigenvalue weighted by atomic mass is 10.1. The van der Waals surface area contributed by atoms with Gasteiger partial charge in [0.2, 0.25) is 6.79 Å². The molecule has 0 saturated heterocycles. The van der Waals surface area contributed by atoms with Crippen LogP contribution in [0.3, 0.4) is 0 Å². The predicted molar refractivity (Wildman–Crippen MR) is 76.0 cm³/mol. The normalized spacial score (nSPS) is 14.2. The maximum Gasteiger partial charge on any atom is 0.231 e. The number of nitrogens with zero attached hydrogens (tertiary/aromatic N) is 1. The molecule has 0 aromatic heterocycles. The van der Waals surface area contributed by atoms with Gasteiger partial charge in [-0.05, 0) is 29.8 Å².